The van der Waals surface area contributed by atoms with Gasteiger partial charge in [-0.15, -0.1) is 5.10 Å². The standard InChI is InChI=1S/C17H15ClN4O/c18-14-2-4-16(5-3-14)22-10-15(20-21-22)11-23-17-6-1-12-8-19-9-13(12)7-17/h1-7,10,19H,8-9,11H2. The molecule has 0 saturated heterocycles. The van der Waals surface area contributed by atoms with Gasteiger partial charge in [0, 0.05) is 18.1 Å². The van der Waals surface area contributed by atoms with Gasteiger partial charge in [0.15, 0.2) is 0 Å². The van der Waals surface area contributed by atoms with Crippen molar-refractivity contribution in [2.45, 2.75) is 19.7 Å². The second-order valence-corrected chi connectivity index (χ2v) is 5.89. The van der Waals surface area contributed by atoms with Crippen molar-refractivity contribution in [3.8, 4) is 11.4 Å². The Labute approximate surface area is 138 Å². The van der Waals surface area contributed by atoms with Crippen LogP contribution in [-0.2, 0) is 19.7 Å². The second-order valence-electron chi connectivity index (χ2n) is 5.45. The summed E-state index contributed by atoms with van der Waals surface area (Å²) in [7, 11) is 0. The minimum Gasteiger partial charge on any atom is -0.487 e. The van der Waals surface area contributed by atoms with Crippen LogP contribution in [0.2, 0.25) is 5.02 Å². The van der Waals surface area contributed by atoms with E-state index in [9.17, 15) is 0 Å². The SMILES string of the molecule is Clc1ccc(-n2cc(COc3ccc4c(c3)CNC4)nn2)cc1. The van der Waals surface area contributed by atoms with Crippen LogP contribution in [0.4, 0.5) is 0 Å². The maximum atomic E-state index is 5.89. The van der Waals surface area contributed by atoms with E-state index in [0.717, 1.165) is 30.2 Å². The number of ether oxygens (including phenoxy) is 1. The topological polar surface area (TPSA) is 52.0 Å². The van der Waals surface area contributed by atoms with E-state index in [2.05, 4.69) is 27.8 Å². The molecule has 2 aromatic carbocycles. The molecule has 0 unspecified atom stereocenters. The van der Waals surface area contributed by atoms with E-state index < -0.39 is 0 Å². The number of benzene rings is 2. The lowest BCUT2D eigenvalue weighted by Crippen LogP contribution is -2.00. The van der Waals surface area contributed by atoms with Crippen LogP contribution in [0.15, 0.2) is 48.7 Å². The van der Waals surface area contributed by atoms with E-state index in [4.69, 9.17) is 16.3 Å². The van der Waals surface area contributed by atoms with Crippen LogP contribution < -0.4 is 10.1 Å². The smallest absolute Gasteiger partial charge is 0.134 e. The largest absolute Gasteiger partial charge is 0.487 e. The summed E-state index contributed by atoms with van der Waals surface area (Å²) in [5, 5.41) is 12.3. The van der Waals surface area contributed by atoms with Gasteiger partial charge in [0.2, 0.25) is 0 Å². The highest BCUT2D eigenvalue weighted by Crippen LogP contribution is 2.22. The Hall–Kier alpha value is -2.37. The molecule has 1 aliphatic rings. The lowest BCUT2D eigenvalue weighted by atomic mass is 10.1. The van der Waals surface area contributed by atoms with Crippen LogP contribution in [0, 0.1) is 0 Å². The summed E-state index contributed by atoms with van der Waals surface area (Å²) in [6.45, 7) is 2.23. The summed E-state index contributed by atoms with van der Waals surface area (Å²) in [5.74, 6) is 0.855. The first-order valence-corrected chi connectivity index (χ1v) is 7.78. The molecule has 0 fully saturated rings. The highest BCUT2D eigenvalue weighted by atomic mass is 35.5. The van der Waals surface area contributed by atoms with Gasteiger partial charge in [-0.3, -0.25) is 0 Å². The van der Waals surface area contributed by atoms with Crippen molar-refractivity contribution >= 4 is 11.6 Å². The Morgan fingerprint density at radius 1 is 1.09 bits per heavy atom. The van der Waals surface area contributed by atoms with E-state index in [0.29, 0.717) is 11.6 Å². The van der Waals surface area contributed by atoms with Gasteiger partial charge in [-0.1, -0.05) is 22.9 Å². The molecule has 0 atom stereocenters. The molecular formula is C17H15ClN4O. The molecular weight excluding hydrogens is 312 g/mol. The van der Waals surface area contributed by atoms with Crippen molar-refractivity contribution in [2.24, 2.45) is 0 Å². The number of nitrogens with one attached hydrogen (secondary N) is 1. The van der Waals surface area contributed by atoms with Gasteiger partial charge >= 0.3 is 0 Å². The Morgan fingerprint density at radius 3 is 2.78 bits per heavy atom. The van der Waals surface area contributed by atoms with Crippen molar-refractivity contribution in [2.75, 3.05) is 0 Å². The summed E-state index contributed by atoms with van der Waals surface area (Å²) in [6.07, 6.45) is 1.86. The highest BCUT2D eigenvalue weighted by molar-refractivity contribution is 6.30. The monoisotopic (exact) mass is 326 g/mol. The van der Waals surface area contributed by atoms with E-state index in [1.54, 1.807) is 4.68 Å². The Balaban J connectivity index is 1.44. The van der Waals surface area contributed by atoms with Gasteiger partial charge in [0.1, 0.15) is 18.1 Å². The zero-order chi connectivity index (χ0) is 15.6. The highest BCUT2D eigenvalue weighted by Gasteiger charge is 2.11. The minimum atomic E-state index is 0.389. The summed E-state index contributed by atoms with van der Waals surface area (Å²) >= 11 is 5.89. The third-order valence-electron chi connectivity index (χ3n) is 3.83. The first kappa shape index (κ1) is 14.2. The zero-order valence-corrected chi connectivity index (χ0v) is 13.1. The number of aromatic nitrogens is 3. The third-order valence-corrected chi connectivity index (χ3v) is 4.08. The lowest BCUT2D eigenvalue weighted by molar-refractivity contribution is 0.301. The van der Waals surface area contributed by atoms with Crippen LogP contribution in [0.1, 0.15) is 16.8 Å². The molecule has 116 valence electrons. The number of rotatable bonds is 4. The fourth-order valence-corrected chi connectivity index (χ4v) is 2.73. The molecule has 0 spiro atoms. The van der Waals surface area contributed by atoms with Gasteiger partial charge in [0.25, 0.3) is 0 Å². The van der Waals surface area contributed by atoms with Crippen LogP contribution in [-0.4, -0.2) is 15.0 Å². The molecule has 0 radical (unpaired) electrons. The molecule has 6 heteroatoms. The van der Waals surface area contributed by atoms with E-state index >= 15 is 0 Å². The fourth-order valence-electron chi connectivity index (χ4n) is 2.60. The first-order chi connectivity index (χ1) is 11.3. The van der Waals surface area contributed by atoms with Gasteiger partial charge in [-0.25, -0.2) is 4.68 Å². The summed E-state index contributed by atoms with van der Waals surface area (Å²) in [5.41, 5.74) is 4.33. The molecule has 0 saturated carbocycles. The van der Waals surface area contributed by atoms with Gasteiger partial charge < -0.3 is 10.1 Å². The molecule has 1 N–H and O–H groups in total. The summed E-state index contributed by atoms with van der Waals surface area (Å²) in [4.78, 5) is 0. The average molecular weight is 327 g/mol. The number of hydrogen-bond donors (Lipinski definition) is 1. The maximum Gasteiger partial charge on any atom is 0.134 e. The molecule has 0 bridgehead atoms. The van der Waals surface area contributed by atoms with Crippen LogP contribution in [0.25, 0.3) is 5.69 Å². The Morgan fingerprint density at radius 2 is 1.91 bits per heavy atom. The number of hydrogen-bond acceptors (Lipinski definition) is 4. The number of halogens is 1. The predicted molar refractivity (Wildman–Crippen MR) is 87.7 cm³/mol. The number of fused-ring (bicyclic) bond motifs is 1. The van der Waals surface area contributed by atoms with Gasteiger partial charge in [-0.05, 0) is 47.5 Å². The van der Waals surface area contributed by atoms with E-state index in [1.165, 1.54) is 11.1 Å². The van der Waals surface area contributed by atoms with Crippen molar-refractivity contribution < 1.29 is 4.74 Å². The molecule has 2 heterocycles. The quantitative estimate of drug-likeness (QED) is 0.800. The average Bonchev–Trinajstić information content (AvgIpc) is 3.22. The Kier molecular flexibility index (Phi) is 3.73. The van der Waals surface area contributed by atoms with Crippen LogP contribution in [0.3, 0.4) is 0 Å². The lowest BCUT2D eigenvalue weighted by Gasteiger charge is -2.05. The van der Waals surface area contributed by atoms with E-state index in [1.807, 2.05) is 36.5 Å². The minimum absolute atomic E-state index is 0.389. The first-order valence-electron chi connectivity index (χ1n) is 7.40. The molecule has 5 nitrogen and oxygen atoms in total. The van der Waals surface area contributed by atoms with Crippen LogP contribution in [0.5, 0.6) is 5.75 Å². The van der Waals surface area contributed by atoms with E-state index in [-0.39, 0.29) is 0 Å². The second kappa shape index (κ2) is 6.02. The summed E-state index contributed by atoms with van der Waals surface area (Å²) < 4.78 is 7.53. The molecule has 1 aliphatic heterocycles. The molecule has 3 aromatic rings. The van der Waals surface area contributed by atoms with Crippen molar-refractivity contribution in [1.82, 2.24) is 20.3 Å². The Bertz CT molecular complexity index is 829. The maximum absolute atomic E-state index is 5.89. The van der Waals surface area contributed by atoms with Gasteiger partial charge in [-0.2, -0.15) is 0 Å². The van der Waals surface area contributed by atoms with Gasteiger partial charge in [0.05, 0.1) is 11.9 Å². The number of nitrogens with zero attached hydrogens (tertiary/aromatic N) is 3. The molecule has 0 aliphatic carbocycles. The predicted octanol–water partition coefficient (Wildman–Crippen LogP) is 3.10. The molecule has 4 rings (SSSR count). The molecule has 23 heavy (non-hydrogen) atoms. The summed E-state index contributed by atoms with van der Waals surface area (Å²) in [6, 6.07) is 13.6. The van der Waals surface area contributed by atoms with Crippen molar-refractivity contribution in [1.29, 1.82) is 0 Å². The molecule has 0 amide bonds. The normalized spacial score (nSPS) is 13.1. The fraction of sp³-hybridized carbons (Fsp3) is 0.176. The molecule has 1 aromatic heterocycles. The third kappa shape index (κ3) is 3.06. The van der Waals surface area contributed by atoms with Crippen LogP contribution >= 0.6 is 11.6 Å². The van der Waals surface area contributed by atoms with Crippen molar-refractivity contribution in [3.05, 3.63) is 70.5 Å². The van der Waals surface area contributed by atoms with Crippen molar-refractivity contribution in [3.63, 3.8) is 0 Å². The zero-order valence-electron chi connectivity index (χ0n) is 12.4.